The van der Waals surface area contributed by atoms with E-state index < -0.39 is 15.8 Å². The zero-order valence-electron chi connectivity index (χ0n) is 25.7. The predicted octanol–water partition coefficient (Wildman–Crippen LogP) is 4.56. The highest BCUT2D eigenvalue weighted by Gasteiger charge is 2.27. The maximum atomic E-state index is 13.7. The summed E-state index contributed by atoms with van der Waals surface area (Å²) in [5, 5.41) is 3.46. The van der Waals surface area contributed by atoms with E-state index in [1.165, 1.54) is 25.6 Å². The summed E-state index contributed by atoms with van der Waals surface area (Å²) in [4.78, 5) is 31.7. The number of benzene rings is 1. The molecule has 5 aromatic rings. The largest absolute Gasteiger partial charge is 0.493 e. The molecule has 1 fully saturated rings. The molecule has 0 amide bonds. The number of aromatic amines is 1. The Balaban J connectivity index is 1.49. The Morgan fingerprint density at radius 2 is 1.91 bits per heavy atom. The number of methoxy groups -OCH3 is 1. The number of hydrogen-bond acceptors (Lipinski definition) is 13. The van der Waals surface area contributed by atoms with Crippen LogP contribution in [0.2, 0.25) is 0 Å². The third-order valence-electron chi connectivity index (χ3n) is 7.18. The van der Waals surface area contributed by atoms with E-state index in [4.69, 9.17) is 18.9 Å². The Morgan fingerprint density at radius 1 is 1.09 bits per heavy atom. The van der Waals surface area contributed by atoms with Gasteiger partial charge < -0.3 is 18.9 Å². The second-order valence-electron chi connectivity index (χ2n) is 10.8. The monoisotopic (exact) mass is 661 g/mol. The summed E-state index contributed by atoms with van der Waals surface area (Å²) in [6.45, 7) is 4.68. The first-order valence-corrected chi connectivity index (χ1v) is 16.2. The first-order valence-electron chi connectivity index (χ1n) is 14.7. The van der Waals surface area contributed by atoms with Crippen LogP contribution < -0.4 is 24.7 Å². The van der Waals surface area contributed by atoms with E-state index in [0.717, 1.165) is 18.4 Å². The number of anilines is 1. The maximum Gasteiger partial charge on any atom is 0.439 e. The summed E-state index contributed by atoms with van der Waals surface area (Å²) in [7, 11) is -2.82. The summed E-state index contributed by atoms with van der Waals surface area (Å²) in [5.74, 6) is -0.240. The van der Waals surface area contributed by atoms with Crippen LogP contribution in [0.3, 0.4) is 0 Å². The number of aromatic nitrogens is 6. The summed E-state index contributed by atoms with van der Waals surface area (Å²) in [6.07, 6.45) is 4.43. The van der Waals surface area contributed by atoms with Gasteiger partial charge in [-0.25, -0.2) is 14.8 Å². The van der Waals surface area contributed by atoms with Crippen molar-refractivity contribution in [1.82, 2.24) is 30.1 Å². The molecule has 47 heavy (non-hydrogen) atoms. The lowest BCUT2D eigenvalue weighted by Gasteiger charge is -2.19. The van der Waals surface area contributed by atoms with Crippen LogP contribution in [0, 0.1) is 0 Å². The van der Waals surface area contributed by atoms with Gasteiger partial charge in [0, 0.05) is 24.6 Å². The molecule has 1 atom stereocenters. The average molecular weight is 662 g/mol. The van der Waals surface area contributed by atoms with Gasteiger partial charge in [0.15, 0.2) is 28.2 Å². The molecule has 0 spiro atoms. The molecule has 0 radical (unpaired) electrons. The van der Waals surface area contributed by atoms with Crippen LogP contribution in [-0.4, -0.2) is 64.9 Å². The van der Waals surface area contributed by atoms with Crippen molar-refractivity contribution in [2.75, 3.05) is 25.0 Å². The SMILES string of the molecule is COc1ccccc1Oc1c(NS(=O)(=O)c2ccc(C(C)C)cn2)nc(-c2ccnc(-c3noc(=O)[nH]3)c2)nc1OCC1CCCO1. The Bertz CT molecular complexity index is 2020. The molecule has 4 aromatic heterocycles. The lowest BCUT2D eigenvalue weighted by atomic mass is 10.1. The molecular weight excluding hydrogens is 630 g/mol. The zero-order chi connectivity index (χ0) is 33.0. The van der Waals surface area contributed by atoms with Crippen molar-refractivity contribution in [2.45, 2.75) is 43.7 Å². The van der Waals surface area contributed by atoms with Gasteiger partial charge in [0.05, 0.1) is 13.2 Å². The molecular formula is C31H31N7O8S. The smallest absolute Gasteiger partial charge is 0.439 e. The normalized spacial score (nSPS) is 14.7. The second-order valence-corrected chi connectivity index (χ2v) is 12.4. The van der Waals surface area contributed by atoms with Crippen LogP contribution >= 0.6 is 0 Å². The summed E-state index contributed by atoms with van der Waals surface area (Å²) in [5.41, 5.74) is 1.52. The Kier molecular flexibility index (Phi) is 9.12. The van der Waals surface area contributed by atoms with Crippen molar-refractivity contribution in [3.8, 4) is 46.0 Å². The highest BCUT2D eigenvalue weighted by Crippen LogP contribution is 2.42. The number of ether oxygens (including phenoxy) is 4. The van der Waals surface area contributed by atoms with E-state index >= 15 is 0 Å². The van der Waals surface area contributed by atoms with Crippen molar-refractivity contribution >= 4 is 15.8 Å². The lowest BCUT2D eigenvalue weighted by Crippen LogP contribution is -2.19. The fourth-order valence-corrected chi connectivity index (χ4v) is 5.63. The third kappa shape index (κ3) is 7.23. The molecule has 0 bridgehead atoms. The number of sulfonamides is 1. The third-order valence-corrected chi connectivity index (χ3v) is 8.43. The summed E-state index contributed by atoms with van der Waals surface area (Å²) < 4.78 is 58.3. The minimum Gasteiger partial charge on any atom is -0.493 e. The Labute approximate surface area is 269 Å². The van der Waals surface area contributed by atoms with Crippen molar-refractivity contribution in [2.24, 2.45) is 0 Å². The van der Waals surface area contributed by atoms with Gasteiger partial charge in [-0.2, -0.15) is 13.4 Å². The average Bonchev–Trinajstić information content (AvgIpc) is 3.77. The van der Waals surface area contributed by atoms with E-state index in [0.29, 0.717) is 17.9 Å². The van der Waals surface area contributed by atoms with E-state index in [9.17, 15) is 13.2 Å². The van der Waals surface area contributed by atoms with Crippen LogP contribution in [0.1, 0.15) is 38.2 Å². The van der Waals surface area contributed by atoms with Crippen molar-refractivity contribution < 1.29 is 31.9 Å². The van der Waals surface area contributed by atoms with Gasteiger partial charge >= 0.3 is 5.76 Å². The van der Waals surface area contributed by atoms with Gasteiger partial charge in [0.2, 0.25) is 11.6 Å². The van der Waals surface area contributed by atoms with Crippen LogP contribution in [0.4, 0.5) is 5.82 Å². The molecule has 244 valence electrons. The minimum atomic E-state index is -4.30. The molecule has 0 aliphatic carbocycles. The number of para-hydroxylation sites is 2. The molecule has 15 nitrogen and oxygen atoms in total. The zero-order valence-corrected chi connectivity index (χ0v) is 26.5. The van der Waals surface area contributed by atoms with Gasteiger partial charge in [-0.1, -0.05) is 37.2 Å². The Hall–Kier alpha value is -5.35. The van der Waals surface area contributed by atoms with Crippen molar-refractivity contribution in [1.29, 1.82) is 0 Å². The molecule has 1 aliphatic rings. The van der Waals surface area contributed by atoms with Crippen molar-refractivity contribution in [3.63, 3.8) is 0 Å². The van der Waals surface area contributed by atoms with E-state index in [1.54, 1.807) is 42.5 Å². The van der Waals surface area contributed by atoms with Gasteiger partial charge in [0.25, 0.3) is 15.9 Å². The molecule has 2 N–H and O–H groups in total. The Morgan fingerprint density at radius 3 is 2.60 bits per heavy atom. The van der Waals surface area contributed by atoms with Crippen LogP contribution in [0.15, 0.2) is 75.3 Å². The molecule has 1 unspecified atom stereocenters. The van der Waals surface area contributed by atoms with E-state index in [1.807, 2.05) is 13.8 Å². The second kappa shape index (κ2) is 13.6. The molecule has 5 heterocycles. The fourth-order valence-electron chi connectivity index (χ4n) is 4.69. The van der Waals surface area contributed by atoms with Crippen LogP contribution in [0.25, 0.3) is 22.9 Å². The maximum absolute atomic E-state index is 13.7. The van der Waals surface area contributed by atoms with Crippen LogP contribution in [0.5, 0.6) is 23.1 Å². The number of pyridine rings is 2. The highest BCUT2D eigenvalue weighted by atomic mass is 32.2. The van der Waals surface area contributed by atoms with Crippen LogP contribution in [-0.2, 0) is 14.8 Å². The number of rotatable bonds is 12. The number of hydrogen-bond donors (Lipinski definition) is 2. The standard InChI is InChI=1S/C31H31N7O8S/c1-18(2)20-10-11-25(33-16-20)47(40,41)38-29-26(45-24-9-5-4-8-23(24)42-3)30(44-17-21-7-6-14-43-21)35-27(34-29)19-12-13-32-22(15-19)28-36-31(39)46-37-28/h4-5,8-13,15-16,18,21H,6-7,14,17H2,1-3H3,(H,34,35,38)(H,36,37,39). The molecule has 1 saturated heterocycles. The van der Waals surface area contributed by atoms with Crippen molar-refractivity contribution in [3.05, 3.63) is 77.0 Å². The van der Waals surface area contributed by atoms with Gasteiger partial charge in [-0.05, 0) is 54.7 Å². The molecule has 16 heteroatoms. The quantitative estimate of drug-likeness (QED) is 0.189. The topological polar surface area (TPSA) is 194 Å². The van der Waals surface area contributed by atoms with Gasteiger partial charge in [-0.3, -0.25) is 19.2 Å². The van der Waals surface area contributed by atoms with E-state index in [2.05, 4.69) is 39.3 Å². The minimum absolute atomic E-state index is 0.0509. The molecule has 1 aliphatic heterocycles. The number of H-pyrrole nitrogens is 1. The number of nitrogens with one attached hydrogen (secondary N) is 2. The summed E-state index contributed by atoms with van der Waals surface area (Å²) in [6, 6.07) is 13.1. The number of nitrogens with zero attached hydrogens (tertiary/aromatic N) is 5. The molecule has 1 aromatic carbocycles. The fraction of sp³-hybridized carbons (Fsp3) is 0.290. The summed E-state index contributed by atoms with van der Waals surface area (Å²) >= 11 is 0. The highest BCUT2D eigenvalue weighted by molar-refractivity contribution is 7.92. The lowest BCUT2D eigenvalue weighted by molar-refractivity contribution is 0.0654. The predicted molar refractivity (Wildman–Crippen MR) is 168 cm³/mol. The van der Waals surface area contributed by atoms with Gasteiger partial charge in [-0.15, -0.1) is 0 Å². The van der Waals surface area contributed by atoms with Gasteiger partial charge in [0.1, 0.15) is 12.3 Å². The first-order chi connectivity index (χ1) is 22.7. The molecule has 6 rings (SSSR count). The first kappa shape index (κ1) is 31.6. The molecule has 0 saturated carbocycles. The van der Waals surface area contributed by atoms with E-state index in [-0.39, 0.29) is 64.2 Å².